The SMILES string of the molecule is COCC(C)(NC(=O)C1CC1c1cc(Cl)cc(Cl)c1)C(=O)O. The highest BCUT2D eigenvalue weighted by Gasteiger charge is 2.47. The Morgan fingerprint density at radius 1 is 1.36 bits per heavy atom. The maximum atomic E-state index is 12.3. The zero-order chi connectivity index (χ0) is 16.5. The first-order chi connectivity index (χ1) is 10.3. The van der Waals surface area contributed by atoms with Crippen molar-refractivity contribution in [2.45, 2.75) is 24.8 Å². The molecule has 0 bridgehead atoms. The average molecular weight is 346 g/mol. The number of benzene rings is 1. The number of halogens is 2. The third kappa shape index (κ3) is 3.72. The highest BCUT2D eigenvalue weighted by Crippen LogP contribution is 2.48. The molecule has 3 unspecified atom stereocenters. The van der Waals surface area contributed by atoms with Crippen LogP contribution in [0, 0.1) is 5.92 Å². The molecule has 1 aromatic rings. The molecule has 1 aromatic carbocycles. The molecule has 3 atom stereocenters. The van der Waals surface area contributed by atoms with Crippen LogP contribution in [0.15, 0.2) is 18.2 Å². The lowest BCUT2D eigenvalue weighted by Gasteiger charge is -2.25. The molecule has 0 aliphatic heterocycles. The number of carbonyl (C=O) groups excluding carboxylic acids is 1. The molecule has 0 saturated heterocycles. The summed E-state index contributed by atoms with van der Waals surface area (Å²) in [6.45, 7) is 1.32. The minimum atomic E-state index is -1.44. The Morgan fingerprint density at radius 3 is 2.45 bits per heavy atom. The first-order valence-electron chi connectivity index (χ1n) is 6.77. The highest BCUT2D eigenvalue weighted by molar-refractivity contribution is 6.34. The minimum Gasteiger partial charge on any atom is -0.479 e. The van der Waals surface area contributed by atoms with Crippen molar-refractivity contribution < 1.29 is 19.4 Å². The maximum absolute atomic E-state index is 12.3. The number of ether oxygens (including phenoxy) is 1. The summed E-state index contributed by atoms with van der Waals surface area (Å²) >= 11 is 11.9. The van der Waals surface area contributed by atoms with Gasteiger partial charge >= 0.3 is 5.97 Å². The number of carboxylic acids is 1. The second-order valence-electron chi connectivity index (χ2n) is 5.71. The fraction of sp³-hybridized carbons (Fsp3) is 0.467. The van der Waals surface area contributed by atoms with Gasteiger partial charge in [-0.1, -0.05) is 23.2 Å². The predicted octanol–water partition coefficient (Wildman–Crippen LogP) is 2.70. The number of rotatable bonds is 6. The quantitative estimate of drug-likeness (QED) is 0.831. The molecule has 1 fully saturated rings. The molecule has 0 aromatic heterocycles. The number of amides is 1. The van der Waals surface area contributed by atoms with Gasteiger partial charge in [-0.05, 0) is 43.0 Å². The first kappa shape index (κ1) is 17.1. The van der Waals surface area contributed by atoms with Crippen LogP contribution < -0.4 is 5.32 Å². The fourth-order valence-corrected chi connectivity index (χ4v) is 2.99. The number of carboxylic acid groups (broad SMARTS) is 1. The predicted molar refractivity (Wildman–Crippen MR) is 83.4 cm³/mol. The molecule has 120 valence electrons. The molecule has 2 rings (SSSR count). The fourth-order valence-electron chi connectivity index (χ4n) is 2.45. The standard InChI is InChI=1S/C15H17Cl2NO4/c1-15(7-22-2,14(20)21)18-13(19)12-6-11(12)8-3-9(16)5-10(17)4-8/h3-5,11-12H,6-7H2,1-2H3,(H,18,19)(H,20,21). The summed E-state index contributed by atoms with van der Waals surface area (Å²) in [5.74, 6) is -1.70. The lowest BCUT2D eigenvalue weighted by molar-refractivity contribution is -0.149. The topological polar surface area (TPSA) is 75.6 Å². The van der Waals surface area contributed by atoms with Gasteiger partial charge in [-0.15, -0.1) is 0 Å². The van der Waals surface area contributed by atoms with Crippen molar-refractivity contribution in [1.29, 1.82) is 0 Å². The molecule has 0 radical (unpaired) electrons. The van der Waals surface area contributed by atoms with E-state index in [0.717, 1.165) is 5.56 Å². The van der Waals surface area contributed by atoms with E-state index < -0.39 is 11.5 Å². The van der Waals surface area contributed by atoms with Crippen LogP contribution in [-0.2, 0) is 14.3 Å². The van der Waals surface area contributed by atoms with Crippen molar-refractivity contribution >= 4 is 35.1 Å². The van der Waals surface area contributed by atoms with Crippen LogP contribution in [0.25, 0.3) is 0 Å². The number of nitrogens with one attached hydrogen (secondary N) is 1. The third-order valence-electron chi connectivity index (χ3n) is 3.74. The van der Waals surface area contributed by atoms with Gasteiger partial charge in [0.05, 0.1) is 6.61 Å². The number of aliphatic carboxylic acids is 1. The number of hydrogen-bond acceptors (Lipinski definition) is 3. The second kappa shape index (κ2) is 6.44. The Labute approximate surface area is 138 Å². The molecular weight excluding hydrogens is 329 g/mol. The van der Waals surface area contributed by atoms with E-state index in [9.17, 15) is 14.7 Å². The summed E-state index contributed by atoms with van der Waals surface area (Å²) in [5.41, 5.74) is -0.549. The van der Waals surface area contributed by atoms with Crippen LogP contribution in [0.1, 0.15) is 24.8 Å². The van der Waals surface area contributed by atoms with Crippen molar-refractivity contribution in [3.05, 3.63) is 33.8 Å². The van der Waals surface area contributed by atoms with E-state index in [-0.39, 0.29) is 24.3 Å². The monoisotopic (exact) mass is 345 g/mol. The highest BCUT2D eigenvalue weighted by atomic mass is 35.5. The Bertz CT molecular complexity index is 587. The van der Waals surface area contributed by atoms with Gasteiger partial charge in [0.15, 0.2) is 5.54 Å². The molecule has 1 amide bonds. The van der Waals surface area contributed by atoms with Gasteiger partial charge in [0.25, 0.3) is 0 Å². The Kier molecular flexibility index (Phi) is 5.00. The number of methoxy groups -OCH3 is 1. The normalized spacial score (nSPS) is 22.7. The largest absolute Gasteiger partial charge is 0.479 e. The summed E-state index contributed by atoms with van der Waals surface area (Å²) in [6, 6.07) is 5.18. The van der Waals surface area contributed by atoms with Gasteiger partial charge < -0.3 is 15.2 Å². The summed E-state index contributed by atoms with van der Waals surface area (Å²) in [4.78, 5) is 23.6. The second-order valence-corrected chi connectivity index (χ2v) is 6.58. The van der Waals surface area contributed by atoms with E-state index in [1.54, 1.807) is 18.2 Å². The average Bonchev–Trinajstić information content (AvgIpc) is 3.17. The third-order valence-corrected chi connectivity index (χ3v) is 4.18. The molecule has 1 aliphatic rings. The molecular formula is C15H17Cl2NO4. The van der Waals surface area contributed by atoms with Gasteiger partial charge in [-0.2, -0.15) is 0 Å². The molecule has 0 heterocycles. The van der Waals surface area contributed by atoms with Gasteiger partial charge in [0.1, 0.15) is 0 Å². The zero-order valence-electron chi connectivity index (χ0n) is 12.2. The molecule has 2 N–H and O–H groups in total. The molecule has 22 heavy (non-hydrogen) atoms. The van der Waals surface area contributed by atoms with Crippen molar-refractivity contribution in [2.75, 3.05) is 13.7 Å². The van der Waals surface area contributed by atoms with Crippen LogP contribution in [0.4, 0.5) is 0 Å². The molecule has 1 aliphatic carbocycles. The van der Waals surface area contributed by atoms with Crippen LogP contribution in [0.5, 0.6) is 0 Å². The van der Waals surface area contributed by atoms with Crippen LogP contribution in [-0.4, -0.2) is 36.2 Å². The van der Waals surface area contributed by atoms with Crippen molar-refractivity contribution in [2.24, 2.45) is 5.92 Å². The molecule has 5 nitrogen and oxygen atoms in total. The smallest absolute Gasteiger partial charge is 0.331 e. The van der Waals surface area contributed by atoms with Crippen LogP contribution in [0.2, 0.25) is 10.0 Å². The van der Waals surface area contributed by atoms with Crippen molar-refractivity contribution in [3.63, 3.8) is 0 Å². The number of hydrogen-bond donors (Lipinski definition) is 2. The van der Waals surface area contributed by atoms with Crippen LogP contribution >= 0.6 is 23.2 Å². The maximum Gasteiger partial charge on any atom is 0.331 e. The summed E-state index contributed by atoms with van der Waals surface area (Å²) in [7, 11) is 1.39. The number of carbonyl (C=O) groups is 2. The van der Waals surface area contributed by atoms with Crippen molar-refractivity contribution in [1.82, 2.24) is 5.32 Å². The lowest BCUT2D eigenvalue weighted by atomic mass is 10.0. The van der Waals surface area contributed by atoms with E-state index in [2.05, 4.69) is 5.32 Å². The Morgan fingerprint density at radius 2 is 1.95 bits per heavy atom. The molecule has 7 heteroatoms. The Hall–Kier alpha value is -1.30. The van der Waals surface area contributed by atoms with Gasteiger partial charge in [0, 0.05) is 23.1 Å². The van der Waals surface area contributed by atoms with Crippen LogP contribution in [0.3, 0.4) is 0 Å². The van der Waals surface area contributed by atoms with Crippen molar-refractivity contribution in [3.8, 4) is 0 Å². The summed E-state index contributed by atoms with van der Waals surface area (Å²) in [5, 5.41) is 12.8. The summed E-state index contributed by atoms with van der Waals surface area (Å²) in [6.07, 6.45) is 0.644. The van der Waals surface area contributed by atoms with E-state index >= 15 is 0 Å². The first-order valence-corrected chi connectivity index (χ1v) is 7.53. The van der Waals surface area contributed by atoms with Gasteiger partial charge in [0.2, 0.25) is 5.91 Å². The zero-order valence-corrected chi connectivity index (χ0v) is 13.7. The van der Waals surface area contributed by atoms with E-state index in [4.69, 9.17) is 27.9 Å². The Balaban J connectivity index is 2.05. The van der Waals surface area contributed by atoms with E-state index in [1.165, 1.54) is 14.0 Å². The minimum absolute atomic E-state index is 0.0109. The molecule has 0 spiro atoms. The van der Waals surface area contributed by atoms with Gasteiger partial charge in [-0.3, -0.25) is 4.79 Å². The van der Waals surface area contributed by atoms with Gasteiger partial charge in [-0.25, -0.2) is 4.79 Å². The van der Waals surface area contributed by atoms with E-state index in [1.807, 2.05) is 0 Å². The lowest BCUT2D eigenvalue weighted by Crippen LogP contribution is -2.55. The molecule has 1 saturated carbocycles. The van der Waals surface area contributed by atoms with E-state index in [0.29, 0.717) is 16.5 Å². The summed E-state index contributed by atoms with van der Waals surface area (Å²) < 4.78 is 4.88.